The monoisotopic (exact) mass is 339 g/mol. The highest BCUT2D eigenvalue weighted by Gasteiger charge is 2.36. The van der Waals surface area contributed by atoms with Crippen LogP contribution in [0.25, 0.3) is 0 Å². The number of benzene rings is 1. The van der Waals surface area contributed by atoms with E-state index in [1.54, 1.807) is 25.1 Å². The number of nitrogens with zero attached hydrogens (tertiary/aromatic N) is 2. The summed E-state index contributed by atoms with van der Waals surface area (Å²) in [6, 6.07) is 8.14. The Hall–Kier alpha value is -3.03. The summed E-state index contributed by atoms with van der Waals surface area (Å²) in [4.78, 5) is 23.0. The zero-order valence-electron chi connectivity index (χ0n) is 13.0. The molecule has 1 heterocycles. The maximum atomic E-state index is 12.2. The van der Waals surface area contributed by atoms with Crippen molar-refractivity contribution in [1.82, 2.24) is 5.32 Å². The van der Waals surface area contributed by atoms with E-state index in [1.165, 1.54) is 13.0 Å². The van der Waals surface area contributed by atoms with Crippen molar-refractivity contribution in [2.75, 3.05) is 0 Å². The SMILES string of the molecule is C#CSC1=C(C#N)[C@@H](c2ccccc2[N+](=O)[O-])C(C(C)=O)=C(C)N1. The number of nitrogens with one attached hydrogen (secondary N) is 1. The van der Waals surface area contributed by atoms with Gasteiger partial charge in [0.25, 0.3) is 5.69 Å². The first-order valence-corrected chi connectivity index (χ1v) is 7.72. The molecule has 6 nitrogen and oxygen atoms in total. The van der Waals surface area contributed by atoms with Crippen LogP contribution in [0, 0.1) is 33.1 Å². The van der Waals surface area contributed by atoms with Gasteiger partial charge >= 0.3 is 0 Å². The largest absolute Gasteiger partial charge is 0.352 e. The molecule has 1 atom stereocenters. The Bertz CT molecular complexity index is 872. The van der Waals surface area contributed by atoms with Gasteiger partial charge in [-0.05, 0) is 30.9 Å². The second-order valence-electron chi connectivity index (χ2n) is 5.04. The van der Waals surface area contributed by atoms with Gasteiger partial charge < -0.3 is 5.32 Å². The molecule has 0 aliphatic carbocycles. The topological polar surface area (TPSA) is 96.0 Å². The summed E-state index contributed by atoms with van der Waals surface area (Å²) in [5, 5.41) is 26.7. The van der Waals surface area contributed by atoms with Crippen molar-refractivity contribution in [1.29, 1.82) is 5.26 Å². The van der Waals surface area contributed by atoms with Gasteiger partial charge in [-0.2, -0.15) is 5.26 Å². The molecule has 120 valence electrons. The number of dihydropyridines is 1. The molecular weight excluding hydrogens is 326 g/mol. The van der Waals surface area contributed by atoms with E-state index in [-0.39, 0.29) is 17.0 Å². The molecule has 0 saturated heterocycles. The highest BCUT2D eigenvalue weighted by atomic mass is 32.2. The van der Waals surface area contributed by atoms with Crippen LogP contribution in [-0.4, -0.2) is 10.7 Å². The van der Waals surface area contributed by atoms with Gasteiger partial charge in [-0.1, -0.05) is 18.2 Å². The number of allylic oxidation sites excluding steroid dienone is 3. The minimum atomic E-state index is -0.828. The Kier molecular flexibility index (Phi) is 5.08. The van der Waals surface area contributed by atoms with Crippen LogP contribution < -0.4 is 5.32 Å². The van der Waals surface area contributed by atoms with Crippen LogP contribution in [0.5, 0.6) is 0 Å². The third kappa shape index (κ3) is 3.03. The van der Waals surface area contributed by atoms with Crippen LogP contribution >= 0.6 is 11.8 Å². The average molecular weight is 339 g/mol. The number of hydrogen-bond acceptors (Lipinski definition) is 6. The lowest BCUT2D eigenvalue weighted by Crippen LogP contribution is -2.27. The molecule has 0 amide bonds. The number of thioether (sulfide) groups is 1. The normalized spacial score (nSPS) is 16.9. The molecule has 1 aliphatic rings. The molecule has 1 aliphatic heterocycles. The molecule has 0 spiro atoms. The molecule has 0 unspecified atom stereocenters. The van der Waals surface area contributed by atoms with Crippen molar-refractivity contribution < 1.29 is 9.72 Å². The molecule has 1 N–H and O–H groups in total. The van der Waals surface area contributed by atoms with Crippen LogP contribution in [0.3, 0.4) is 0 Å². The van der Waals surface area contributed by atoms with Crippen molar-refractivity contribution in [2.45, 2.75) is 19.8 Å². The summed E-state index contributed by atoms with van der Waals surface area (Å²) in [5.41, 5.74) is 1.20. The zero-order chi connectivity index (χ0) is 17.9. The maximum absolute atomic E-state index is 12.2. The zero-order valence-corrected chi connectivity index (χ0v) is 13.8. The number of terminal acetylenes is 1. The predicted molar refractivity (Wildman–Crippen MR) is 91.4 cm³/mol. The Morgan fingerprint density at radius 3 is 2.67 bits per heavy atom. The number of hydrogen-bond donors (Lipinski definition) is 1. The Morgan fingerprint density at radius 1 is 1.46 bits per heavy atom. The number of nitro benzene ring substituents is 1. The fourth-order valence-electron chi connectivity index (χ4n) is 2.73. The summed E-state index contributed by atoms with van der Waals surface area (Å²) in [5.74, 6) is -1.09. The van der Waals surface area contributed by atoms with Crippen LogP contribution in [0.1, 0.15) is 25.3 Å². The predicted octanol–water partition coefficient (Wildman–Crippen LogP) is 3.20. The average Bonchev–Trinajstić information content (AvgIpc) is 2.54. The van der Waals surface area contributed by atoms with E-state index >= 15 is 0 Å². The van der Waals surface area contributed by atoms with Gasteiger partial charge in [0.15, 0.2) is 5.78 Å². The summed E-state index contributed by atoms with van der Waals surface area (Å²) >= 11 is 0.974. The number of nitro groups is 1. The first-order chi connectivity index (χ1) is 11.4. The van der Waals surface area contributed by atoms with E-state index in [0.29, 0.717) is 21.9 Å². The van der Waals surface area contributed by atoms with Crippen molar-refractivity contribution in [3.63, 3.8) is 0 Å². The standard InChI is InChI=1S/C17H13N3O3S/c1-4-24-17-13(9-18)16(15(11(3)21)10(2)19-17)12-7-5-6-8-14(12)20(22)23/h1,5-8,16,19H,2-3H3/t16-/m1/s1. The molecule has 0 saturated carbocycles. The van der Waals surface area contributed by atoms with E-state index in [0.717, 1.165) is 11.8 Å². The molecule has 7 heteroatoms. The van der Waals surface area contributed by atoms with Crippen molar-refractivity contribution in [2.24, 2.45) is 0 Å². The lowest BCUT2D eigenvalue weighted by molar-refractivity contribution is -0.385. The quantitative estimate of drug-likeness (QED) is 0.514. The number of rotatable bonds is 4. The highest BCUT2D eigenvalue weighted by molar-refractivity contribution is 8.07. The van der Waals surface area contributed by atoms with E-state index in [9.17, 15) is 20.2 Å². The van der Waals surface area contributed by atoms with E-state index < -0.39 is 10.8 Å². The fraction of sp³-hybridized carbons (Fsp3) is 0.176. The fourth-order valence-corrected chi connectivity index (χ4v) is 3.32. The molecule has 1 aromatic carbocycles. The van der Waals surface area contributed by atoms with E-state index in [1.807, 2.05) is 0 Å². The van der Waals surface area contributed by atoms with E-state index in [2.05, 4.69) is 16.6 Å². The van der Waals surface area contributed by atoms with Crippen LogP contribution in [0.15, 0.2) is 46.1 Å². The van der Waals surface area contributed by atoms with Crippen molar-refractivity contribution >= 4 is 23.2 Å². The molecule has 1 aromatic rings. The summed E-state index contributed by atoms with van der Waals surface area (Å²) < 4.78 is 0. The van der Waals surface area contributed by atoms with Gasteiger partial charge in [0, 0.05) is 22.9 Å². The minimum Gasteiger partial charge on any atom is -0.352 e. The maximum Gasteiger partial charge on any atom is 0.273 e. The number of carbonyl (C=O) groups is 1. The summed E-state index contributed by atoms with van der Waals surface area (Å²) in [6.45, 7) is 3.06. The molecule has 24 heavy (non-hydrogen) atoms. The first kappa shape index (κ1) is 17.3. The second-order valence-corrected chi connectivity index (χ2v) is 5.89. The summed E-state index contributed by atoms with van der Waals surface area (Å²) in [6.07, 6.45) is 5.32. The highest BCUT2D eigenvalue weighted by Crippen LogP contribution is 2.43. The molecule has 0 aromatic heterocycles. The minimum absolute atomic E-state index is 0.145. The van der Waals surface area contributed by atoms with Gasteiger partial charge in [0.1, 0.15) is 0 Å². The van der Waals surface area contributed by atoms with Crippen molar-refractivity contribution in [3.05, 3.63) is 61.8 Å². The Labute approximate surface area is 143 Å². The molecule has 2 rings (SSSR count). The van der Waals surface area contributed by atoms with Crippen molar-refractivity contribution in [3.8, 4) is 17.7 Å². The van der Waals surface area contributed by atoms with Gasteiger partial charge in [-0.15, -0.1) is 6.42 Å². The number of ketones is 1. The Balaban J connectivity index is 2.80. The molecule has 0 radical (unpaired) electrons. The van der Waals surface area contributed by atoms with Gasteiger partial charge in [-0.25, -0.2) is 0 Å². The van der Waals surface area contributed by atoms with Gasteiger partial charge in [-0.3, -0.25) is 14.9 Å². The summed E-state index contributed by atoms with van der Waals surface area (Å²) in [7, 11) is 0. The third-order valence-corrected chi connectivity index (χ3v) is 4.28. The van der Waals surface area contributed by atoms with Crippen LogP contribution in [-0.2, 0) is 4.79 Å². The molecule has 0 bridgehead atoms. The van der Waals surface area contributed by atoms with Gasteiger partial charge in [0.2, 0.25) is 0 Å². The Morgan fingerprint density at radius 2 is 2.12 bits per heavy atom. The lowest BCUT2D eigenvalue weighted by atomic mass is 9.80. The van der Waals surface area contributed by atoms with Crippen LogP contribution in [0.4, 0.5) is 5.69 Å². The molecule has 0 fully saturated rings. The van der Waals surface area contributed by atoms with Crippen LogP contribution in [0.2, 0.25) is 0 Å². The number of para-hydroxylation sites is 1. The third-order valence-electron chi connectivity index (χ3n) is 3.63. The smallest absolute Gasteiger partial charge is 0.273 e. The number of nitriles is 1. The second kappa shape index (κ2) is 7.03. The van der Waals surface area contributed by atoms with Gasteiger partial charge in [0.05, 0.1) is 27.5 Å². The molecular formula is C17H13N3O3S. The lowest BCUT2D eigenvalue weighted by Gasteiger charge is -2.28. The number of Topliss-reactive ketones (excluding diaryl/α,β-unsaturated/α-hetero) is 1. The first-order valence-electron chi connectivity index (χ1n) is 6.91. The van der Waals surface area contributed by atoms with E-state index in [4.69, 9.17) is 6.42 Å². The number of carbonyl (C=O) groups excluding carboxylic acids is 1.